The standard InChI is InChI=1S/C17H20O5/c1-4-5-8-21-14-7-6-12-10(2)13(9-15(18)19)17(20)22-16(12)11(14)3/h6-7H,4-5,8-9H2,1-3H3,(H,18,19). The first kappa shape index (κ1) is 16.1. The van der Waals surface area contributed by atoms with Gasteiger partial charge in [0.2, 0.25) is 0 Å². The fraction of sp³-hybridized carbons (Fsp3) is 0.412. The molecule has 0 spiro atoms. The molecule has 22 heavy (non-hydrogen) atoms. The van der Waals surface area contributed by atoms with Gasteiger partial charge in [0.25, 0.3) is 0 Å². The molecular formula is C17H20O5. The van der Waals surface area contributed by atoms with Crippen molar-refractivity contribution in [3.05, 3.63) is 39.2 Å². The van der Waals surface area contributed by atoms with Gasteiger partial charge in [-0.15, -0.1) is 0 Å². The molecule has 5 heteroatoms. The van der Waals surface area contributed by atoms with Crippen molar-refractivity contribution in [3.63, 3.8) is 0 Å². The van der Waals surface area contributed by atoms with Gasteiger partial charge in [-0.2, -0.15) is 0 Å². The number of carbonyl (C=O) groups is 1. The van der Waals surface area contributed by atoms with Gasteiger partial charge in [0.1, 0.15) is 11.3 Å². The van der Waals surface area contributed by atoms with Crippen LogP contribution in [0.2, 0.25) is 0 Å². The molecule has 0 aliphatic carbocycles. The Morgan fingerprint density at radius 2 is 2.00 bits per heavy atom. The molecular weight excluding hydrogens is 284 g/mol. The number of unbranched alkanes of at least 4 members (excludes halogenated alkanes) is 1. The minimum absolute atomic E-state index is 0.194. The van der Waals surface area contributed by atoms with Crippen molar-refractivity contribution >= 4 is 16.9 Å². The topological polar surface area (TPSA) is 76.7 Å². The van der Waals surface area contributed by atoms with Gasteiger partial charge in [-0.3, -0.25) is 4.79 Å². The third-order valence-electron chi connectivity index (χ3n) is 3.74. The number of carboxylic acids is 1. The Labute approximate surface area is 128 Å². The molecule has 0 fully saturated rings. The number of hydrogen-bond acceptors (Lipinski definition) is 4. The highest BCUT2D eigenvalue weighted by atomic mass is 16.5. The lowest BCUT2D eigenvalue weighted by atomic mass is 10.0. The molecule has 1 heterocycles. The van der Waals surface area contributed by atoms with Crippen LogP contribution in [0.3, 0.4) is 0 Å². The molecule has 0 radical (unpaired) electrons. The van der Waals surface area contributed by atoms with Crippen LogP contribution < -0.4 is 10.4 Å². The van der Waals surface area contributed by atoms with Gasteiger partial charge in [0, 0.05) is 10.9 Å². The van der Waals surface area contributed by atoms with E-state index < -0.39 is 11.6 Å². The largest absolute Gasteiger partial charge is 0.493 e. The zero-order chi connectivity index (χ0) is 16.3. The normalized spacial score (nSPS) is 10.9. The van der Waals surface area contributed by atoms with Gasteiger partial charge in [0.05, 0.1) is 18.6 Å². The lowest BCUT2D eigenvalue weighted by Crippen LogP contribution is -2.15. The Bertz CT molecular complexity index is 758. The predicted octanol–water partition coefficient (Wildman–Crippen LogP) is 3.22. The number of fused-ring (bicyclic) bond motifs is 1. The summed E-state index contributed by atoms with van der Waals surface area (Å²) in [6.07, 6.45) is 1.66. The van der Waals surface area contributed by atoms with E-state index in [0.29, 0.717) is 23.5 Å². The van der Waals surface area contributed by atoms with Crippen molar-refractivity contribution in [2.75, 3.05) is 6.61 Å². The van der Waals surface area contributed by atoms with E-state index in [1.165, 1.54) is 0 Å². The highest BCUT2D eigenvalue weighted by Gasteiger charge is 2.17. The highest BCUT2D eigenvalue weighted by molar-refractivity contribution is 5.86. The van der Waals surface area contributed by atoms with E-state index in [-0.39, 0.29) is 12.0 Å². The molecule has 1 N–H and O–H groups in total. The highest BCUT2D eigenvalue weighted by Crippen LogP contribution is 2.29. The van der Waals surface area contributed by atoms with Crippen molar-refractivity contribution in [1.29, 1.82) is 0 Å². The lowest BCUT2D eigenvalue weighted by molar-refractivity contribution is -0.136. The summed E-state index contributed by atoms with van der Waals surface area (Å²) < 4.78 is 11.1. The van der Waals surface area contributed by atoms with Crippen molar-refractivity contribution in [1.82, 2.24) is 0 Å². The van der Waals surface area contributed by atoms with Crippen LogP contribution in [0.25, 0.3) is 11.0 Å². The molecule has 2 rings (SSSR count). The van der Waals surface area contributed by atoms with Gasteiger partial charge in [0.15, 0.2) is 0 Å². The summed E-state index contributed by atoms with van der Waals surface area (Å²) in [4.78, 5) is 22.9. The number of aliphatic carboxylic acids is 1. The molecule has 0 amide bonds. The maximum Gasteiger partial charge on any atom is 0.340 e. The van der Waals surface area contributed by atoms with E-state index in [4.69, 9.17) is 14.3 Å². The van der Waals surface area contributed by atoms with Crippen LogP contribution in [0.5, 0.6) is 5.75 Å². The second-order valence-electron chi connectivity index (χ2n) is 5.33. The molecule has 0 aliphatic heterocycles. The van der Waals surface area contributed by atoms with Gasteiger partial charge >= 0.3 is 11.6 Å². The van der Waals surface area contributed by atoms with Crippen molar-refractivity contribution in [2.45, 2.75) is 40.0 Å². The number of rotatable bonds is 6. The Kier molecular flexibility index (Phi) is 4.85. The molecule has 0 atom stereocenters. The number of carboxylic acid groups (broad SMARTS) is 1. The minimum atomic E-state index is -1.05. The molecule has 0 unspecified atom stereocenters. The molecule has 5 nitrogen and oxygen atoms in total. The van der Waals surface area contributed by atoms with Gasteiger partial charge < -0.3 is 14.3 Å². The SMILES string of the molecule is CCCCOc1ccc2c(C)c(CC(=O)O)c(=O)oc2c1C. The first-order valence-corrected chi connectivity index (χ1v) is 7.36. The predicted molar refractivity (Wildman–Crippen MR) is 83.7 cm³/mol. The molecule has 2 aromatic rings. The van der Waals surface area contributed by atoms with Crippen molar-refractivity contribution in [3.8, 4) is 5.75 Å². The number of ether oxygens (including phenoxy) is 1. The molecule has 0 saturated heterocycles. The molecule has 0 saturated carbocycles. The summed E-state index contributed by atoms with van der Waals surface area (Å²) >= 11 is 0. The molecule has 0 aliphatic rings. The maximum absolute atomic E-state index is 12.0. The van der Waals surface area contributed by atoms with Crippen LogP contribution in [0.15, 0.2) is 21.3 Å². The van der Waals surface area contributed by atoms with E-state index >= 15 is 0 Å². The maximum atomic E-state index is 12.0. The Morgan fingerprint density at radius 1 is 1.27 bits per heavy atom. The van der Waals surface area contributed by atoms with Crippen LogP contribution in [0, 0.1) is 13.8 Å². The first-order chi connectivity index (χ1) is 10.5. The van der Waals surface area contributed by atoms with E-state index in [1.54, 1.807) is 6.92 Å². The van der Waals surface area contributed by atoms with Crippen LogP contribution in [-0.4, -0.2) is 17.7 Å². The second kappa shape index (κ2) is 6.64. The number of benzene rings is 1. The van der Waals surface area contributed by atoms with Crippen LogP contribution >= 0.6 is 0 Å². The fourth-order valence-corrected chi connectivity index (χ4v) is 2.41. The molecule has 118 valence electrons. The average molecular weight is 304 g/mol. The van der Waals surface area contributed by atoms with Gasteiger partial charge in [-0.05, 0) is 38.0 Å². The summed E-state index contributed by atoms with van der Waals surface area (Å²) in [5, 5.41) is 9.65. The Balaban J connectivity index is 2.52. The van der Waals surface area contributed by atoms with Crippen molar-refractivity contribution in [2.24, 2.45) is 0 Å². The zero-order valence-corrected chi connectivity index (χ0v) is 13.1. The third-order valence-corrected chi connectivity index (χ3v) is 3.74. The fourth-order valence-electron chi connectivity index (χ4n) is 2.41. The van der Waals surface area contributed by atoms with Gasteiger partial charge in [-0.1, -0.05) is 13.3 Å². The summed E-state index contributed by atoms with van der Waals surface area (Å²) in [5.74, 6) is -0.361. The second-order valence-corrected chi connectivity index (χ2v) is 5.33. The minimum Gasteiger partial charge on any atom is -0.493 e. The summed E-state index contributed by atoms with van der Waals surface area (Å²) in [6, 6.07) is 3.65. The summed E-state index contributed by atoms with van der Waals surface area (Å²) in [5.41, 5.74) is 1.47. The molecule has 0 bridgehead atoms. The van der Waals surface area contributed by atoms with E-state index in [9.17, 15) is 9.59 Å². The Hall–Kier alpha value is -2.30. The lowest BCUT2D eigenvalue weighted by Gasteiger charge is -2.12. The third kappa shape index (κ3) is 3.13. The van der Waals surface area contributed by atoms with Crippen LogP contribution in [0.1, 0.15) is 36.5 Å². The quantitative estimate of drug-likeness (QED) is 0.655. The smallest absolute Gasteiger partial charge is 0.340 e. The number of hydrogen-bond donors (Lipinski definition) is 1. The zero-order valence-electron chi connectivity index (χ0n) is 13.1. The first-order valence-electron chi connectivity index (χ1n) is 7.36. The van der Waals surface area contributed by atoms with Crippen LogP contribution in [0.4, 0.5) is 0 Å². The monoisotopic (exact) mass is 304 g/mol. The molecule has 1 aromatic heterocycles. The van der Waals surface area contributed by atoms with E-state index in [1.807, 2.05) is 19.1 Å². The molecule has 1 aromatic carbocycles. The van der Waals surface area contributed by atoms with Crippen LogP contribution in [-0.2, 0) is 11.2 Å². The van der Waals surface area contributed by atoms with Crippen molar-refractivity contribution < 1.29 is 19.1 Å². The summed E-state index contributed by atoms with van der Waals surface area (Å²) in [7, 11) is 0. The summed E-state index contributed by atoms with van der Waals surface area (Å²) in [6.45, 7) is 6.28. The number of aryl methyl sites for hydroxylation is 2. The van der Waals surface area contributed by atoms with E-state index in [2.05, 4.69) is 6.92 Å². The van der Waals surface area contributed by atoms with E-state index in [0.717, 1.165) is 23.8 Å². The average Bonchev–Trinajstić information content (AvgIpc) is 2.46. The Morgan fingerprint density at radius 3 is 2.64 bits per heavy atom. The van der Waals surface area contributed by atoms with Gasteiger partial charge in [-0.25, -0.2) is 4.79 Å².